The summed E-state index contributed by atoms with van der Waals surface area (Å²) in [6.45, 7) is 1.33. The molecule has 2 saturated heterocycles. The molecule has 0 aliphatic carbocycles. The molecule has 2 aromatic rings. The van der Waals surface area contributed by atoms with E-state index >= 15 is 0 Å². The van der Waals surface area contributed by atoms with Crippen LogP contribution in [0.5, 0.6) is 0 Å². The first-order chi connectivity index (χ1) is 14.5. The first kappa shape index (κ1) is 20.4. The van der Waals surface area contributed by atoms with Crippen molar-refractivity contribution in [3.8, 4) is 0 Å². The van der Waals surface area contributed by atoms with E-state index in [0.717, 1.165) is 30.6 Å². The van der Waals surface area contributed by atoms with E-state index in [4.69, 9.17) is 11.6 Å². The molecule has 0 saturated carbocycles. The van der Waals surface area contributed by atoms with Gasteiger partial charge in [0.25, 0.3) is 0 Å². The summed E-state index contributed by atoms with van der Waals surface area (Å²) in [4.78, 5) is 40.9. The molecule has 1 atom stereocenters. The molecular formula is C23H24ClN3O3. The van der Waals surface area contributed by atoms with E-state index in [1.807, 2.05) is 24.3 Å². The minimum atomic E-state index is -0.463. The molecule has 2 aliphatic heterocycles. The van der Waals surface area contributed by atoms with Gasteiger partial charge >= 0.3 is 0 Å². The highest BCUT2D eigenvalue weighted by molar-refractivity contribution is 6.30. The van der Waals surface area contributed by atoms with Gasteiger partial charge in [-0.25, -0.2) is 0 Å². The van der Waals surface area contributed by atoms with Crippen molar-refractivity contribution in [1.82, 2.24) is 4.90 Å². The third kappa shape index (κ3) is 4.49. The predicted molar refractivity (Wildman–Crippen MR) is 117 cm³/mol. The van der Waals surface area contributed by atoms with Crippen molar-refractivity contribution in [2.75, 3.05) is 23.3 Å². The Kier molecular flexibility index (Phi) is 6.04. The Labute approximate surface area is 180 Å². The summed E-state index contributed by atoms with van der Waals surface area (Å²) in [5, 5.41) is 3.48. The lowest BCUT2D eigenvalue weighted by molar-refractivity contribution is -0.136. The topological polar surface area (TPSA) is 69.7 Å². The zero-order chi connectivity index (χ0) is 21.1. The van der Waals surface area contributed by atoms with Crippen molar-refractivity contribution in [2.24, 2.45) is 0 Å². The van der Waals surface area contributed by atoms with E-state index in [1.165, 1.54) is 0 Å². The van der Waals surface area contributed by atoms with Crippen molar-refractivity contribution in [2.45, 2.75) is 38.1 Å². The second-order valence-corrected chi connectivity index (χ2v) is 8.17. The van der Waals surface area contributed by atoms with E-state index in [2.05, 4.69) is 5.32 Å². The Morgan fingerprint density at radius 2 is 1.73 bits per heavy atom. The minimum absolute atomic E-state index is 0.0613. The largest absolute Gasteiger partial charge is 0.330 e. The predicted octanol–water partition coefficient (Wildman–Crippen LogP) is 3.64. The number of amides is 3. The van der Waals surface area contributed by atoms with Crippen LogP contribution in [0.2, 0.25) is 5.02 Å². The molecule has 30 heavy (non-hydrogen) atoms. The molecule has 156 valence electrons. The van der Waals surface area contributed by atoms with Gasteiger partial charge in [-0.15, -0.1) is 0 Å². The van der Waals surface area contributed by atoms with Crippen LogP contribution in [0.25, 0.3) is 0 Å². The molecule has 0 radical (unpaired) electrons. The number of hydrogen-bond donors (Lipinski definition) is 1. The fourth-order valence-electron chi connectivity index (χ4n) is 4.09. The molecule has 0 bridgehead atoms. The maximum atomic E-state index is 12.9. The maximum Gasteiger partial charge on any atom is 0.247 e. The van der Waals surface area contributed by atoms with Gasteiger partial charge in [0.05, 0.1) is 6.42 Å². The molecular weight excluding hydrogens is 402 g/mol. The number of likely N-dealkylation sites (tertiary alicyclic amines) is 1. The Morgan fingerprint density at radius 1 is 1.00 bits per heavy atom. The monoisotopic (exact) mass is 425 g/mol. The van der Waals surface area contributed by atoms with Gasteiger partial charge in [0.1, 0.15) is 6.04 Å². The fraction of sp³-hybridized carbons (Fsp3) is 0.348. The maximum absolute atomic E-state index is 12.9. The van der Waals surface area contributed by atoms with Crippen LogP contribution >= 0.6 is 11.6 Å². The van der Waals surface area contributed by atoms with Gasteiger partial charge in [0.15, 0.2) is 0 Å². The second-order valence-electron chi connectivity index (χ2n) is 7.73. The Bertz CT molecular complexity index is 943. The van der Waals surface area contributed by atoms with Crippen LogP contribution in [0.15, 0.2) is 48.5 Å². The van der Waals surface area contributed by atoms with Crippen LogP contribution < -0.4 is 10.2 Å². The summed E-state index contributed by atoms with van der Waals surface area (Å²) in [5.74, 6) is -0.0924. The summed E-state index contributed by atoms with van der Waals surface area (Å²) in [5.41, 5.74) is 2.41. The van der Waals surface area contributed by atoms with Crippen molar-refractivity contribution >= 4 is 40.7 Å². The lowest BCUT2D eigenvalue weighted by Crippen LogP contribution is -2.43. The van der Waals surface area contributed by atoms with E-state index in [-0.39, 0.29) is 24.1 Å². The molecule has 0 aromatic heterocycles. The molecule has 4 rings (SSSR count). The first-order valence-electron chi connectivity index (χ1n) is 10.3. The number of halogens is 1. The fourth-order valence-corrected chi connectivity index (χ4v) is 4.21. The first-order valence-corrected chi connectivity index (χ1v) is 10.6. The normalized spacial score (nSPS) is 18.7. The van der Waals surface area contributed by atoms with E-state index in [0.29, 0.717) is 30.1 Å². The molecule has 2 aromatic carbocycles. The SMILES string of the molecule is O=C(Nc1ccc(Cl)cc1)[C@@H]1CCCN1C(=O)Cc1ccc(N2CCCC2=O)cc1. The van der Waals surface area contributed by atoms with Crippen LogP contribution in [0.3, 0.4) is 0 Å². The van der Waals surface area contributed by atoms with Crippen LogP contribution in [0, 0.1) is 0 Å². The van der Waals surface area contributed by atoms with Gasteiger partial charge in [0.2, 0.25) is 17.7 Å². The van der Waals surface area contributed by atoms with Gasteiger partial charge < -0.3 is 15.1 Å². The van der Waals surface area contributed by atoms with Crippen molar-refractivity contribution in [3.63, 3.8) is 0 Å². The average Bonchev–Trinajstić information content (AvgIpc) is 3.39. The smallest absolute Gasteiger partial charge is 0.247 e. The lowest BCUT2D eigenvalue weighted by Gasteiger charge is -2.24. The summed E-state index contributed by atoms with van der Waals surface area (Å²) >= 11 is 5.89. The Hall–Kier alpha value is -2.86. The van der Waals surface area contributed by atoms with Gasteiger partial charge in [0, 0.05) is 35.9 Å². The number of nitrogens with one attached hydrogen (secondary N) is 1. The molecule has 2 fully saturated rings. The lowest BCUT2D eigenvalue weighted by atomic mass is 10.1. The highest BCUT2D eigenvalue weighted by Crippen LogP contribution is 2.24. The molecule has 2 heterocycles. The molecule has 2 aliphatic rings. The second kappa shape index (κ2) is 8.88. The van der Waals surface area contributed by atoms with Crippen molar-refractivity contribution < 1.29 is 14.4 Å². The van der Waals surface area contributed by atoms with Crippen molar-refractivity contribution in [1.29, 1.82) is 0 Å². The molecule has 0 spiro atoms. The Balaban J connectivity index is 1.37. The van der Waals surface area contributed by atoms with E-state index in [1.54, 1.807) is 34.1 Å². The van der Waals surface area contributed by atoms with Gasteiger partial charge in [-0.2, -0.15) is 0 Å². The summed E-state index contributed by atoms with van der Waals surface area (Å²) in [7, 11) is 0. The number of benzene rings is 2. The van der Waals surface area contributed by atoms with Crippen LogP contribution in [-0.2, 0) is 20.8 Å². The Morgan fingerprint density at radius 3 is 2.40 bits per heavy atom. The van der Waals surface area contributed by atoms with Crippen LogP contribution in [0.4, 0.5) is 11.4 Å². The van der Waals surface area contributed by atoms with Crippen molar-refractivity contribution in [3.05, 3.63) is 59.1 Å². The number of hydrogen-bond acceptors (Lipinski definition) is 3. The zero-order valence-electron chi connectivity index (χ0n) is 16.6. The summed E-state index contributed by atoms with van der Waals surface area (Å²) in [6.07, 6.45) is 3.17. The summed E-state index contributed by atoms with van der Waals surface area (Å²) < 4.78 is 0. The number of carbonyl (C=O) groups is 3. The number of rotatable bonds is 5. The highest BCUT2D eigenvalue weighted by atomic mass is 35.5. The van der Waals surface area contributed by atoms with Gasteiger partial charge in [-0.05, 0) is 61.2 Å². The quantitative estimate of drug-likeness (QED) is 0.795. The molecule has 3 amide bonds. The number of anilines is 2. The third-order valence-corrected chi connectivity index (χ3v) is 5.92. The summed E-state index contributed by atoms with van der Waals surface area (Å²) in [6, 6.07) is 14.0. The molecule has 7 heteroatoms. The van der Waals surface area contributed by atoms with Crippen LogP contribution in [-0.4, -0.2) is 41.8 Å². The molecule has 0 unspecified atom stereocenters. The van der Waals surface area contributed by atoms with E-state index < -0.39 is 6.04 Å². The zero-order valence-corrected chi connectivity index (χ0v) is 17.4. The third-order valence-electron chi connectivity index (χ3n) is 5.66. The highest BCUT2D eigenvalue weighted by Gasteiger charge is 2.34. The van der Waals surface area contributed by atoms with Gasteiger partial charge in [-0.1, -0.05) is 23.7 Å². The standard InChI is InChI=1S/C23H24ClN3O3/c24-17-7-9-18(10-8-17)25-23(30)20-3-1-14-27(20)22(29)15-16-5-11-19(12-6-16)26-13-2-4-21(26)28/h5-12,20H,1-4,13-15H2,(H,25,30)/t20-/m0/s1. The number of nitrogens with zero attached hydrogens (tertiary/aromatic N) is 2. The van der Waals surface area contributed by atoms with Crippen LogP contribution in [0.1, 0.15) is 31.2 Å². The average molecular weight is 426 g/mol. The van der Waals surface area contributed by atoms with E-state index in [9.17, 15) is 14.4 Å². The van der Waals surface area contributed by atoms with Gasteiger partial charge in [-0.3, -0.25) is 14.4 Å². The molecule has 6 nitrogen and oxygen atoms in total. The molecule has 1 N–H and O–H groups in total. The number of carbonyl (C=O) groups excluding carboxylic acids is 3. The minimum Gasteiger partial charge on any atom is -0.330 e.